The van der Waals surface area contributed by atoms with E-state index in [1.165, 1.54) is 0 Å². The fourth-order valence-electron chi connectivity index (χ4n) is 0.602. The second-order valence-electron chi connectivity index (χ2n) is 1.73. The van der Waals surface area contributed by atoms with Crippen LogP contribution >= 0.6 is 0 Å². The molecule has 0 fully saturated rings. The minimum Gasteiger partial charge on any atom is -0.512 e. The van der Waals surface area contributed by atoms with Gasteiger partial charge in [0.25, 0.3) is 0 Å². The summed E-state index contributed by atoms with van der Waals surface area (Å²) in [5.74, 6) is -0.379. The Labute approximate surface area is 81.7 Å². The second kappa shape index (κ2) is 7.80. The molecule has 0 saturated heterocycles. The molecule has 0 aliphatic heterocycles. The predicted molar refractivity (Wildman–Crippen MR) is 39.9 cm³/mol. The summed E-state index contributed by atoms with van der Waals surface area (Å²) >= 11 is 0. The molecule has 12 heavy (non-hydrogen) atoms. The first-order chi connectivity index (χ1) is 5.30. The largest absolute Gasteiger partial charge is 1.00 e. The minimum atomic E-state index is -0.379. The summed E-state index contributed by atoms with van der Waals surface area (Å²) in [4.78, 5) is 10.4. The predicted octanol–water partition coefficient (Wildman–Crippen LogP) is 0.879. The average molecular weight is 211 g/mol. The molecule has 3 nitrogen and oxygen atoms in total. The van der Waals surface area contributed by atoms with Crippen molar-refractivity contribution >= 4 is 5.91 Å². The molecule has 1 amide bonds. The SMILES string of the molecule is NC(=O)c1ccccc1.[C-]#N.[Cu+]. The van der Waals surface area contributed by atoms with Crippen LogP contribution in [0.5, 0.6) is 0 Å². The molecule has 0 spiro atoms. The molecule has 66 valence electrons. The molecule has 0 radical (unpaired) electrons. The number of rotatable bonds is 1. The van der Waals surface area contributed by atoms with Gasteiger partial charge in [0.1, 0.15) is 0 Å². The number of primary amides is 1. The van der Waals surface area contributed by atoms with Gasteiger partial charge >= 0.3 is 17.1 Å². The zero-order chi connectivity index (χ0) is 8.69. The van der Waals surface area contributed by atoms with Gasteiger partial charge in [-0.05, 0) is 12.1 Å². The maximum Gasteiger partial charge on any atom is 1.00 e. The number of benzene rings is 1. The van der Waals surface area contributed by atoms with Crippen LogP contribution in [0.4, 0.5) is 0 Å². The van der Waals surface area contributed by atoms with Crippen molar-refractivity contribution < 1.29 is 21.9 Å². The van der Waals surface area contributed by atoms with Crippen LogP contribution in [-0.2, 0) is 17.1 Å². The van der Waals surface area contributed by atoms with Crippen molar-refractivity contribution in [2.75, 3.05) is 0 Å². The van der Waals surface area contributed by atoms with Crippen LogP contribution < -0.4 is 5.73 Å². The van der Waals surface area contributed by atoms with Crippen LogP contribution in [0.1, 0.15) is 10.4 Å². The van der Waals surface area contributed by atoms with Crippen molar-refractivity contribution in [3.8, 4) is 0 Å². The molecule has 0 aliphatic rings. The molecule has 0 saturated carbocycles. The van der Waals surface area contributed by atoms with E-state index in [0.717, 1.165) is 0 Å². The van der Waals surface area contributed by atoms with Crippen molar-refractivity contribution in [1.29, 1.82) is 5.26 Å². The number of carbonyl (C=O) groups excluding carboxylic acids is 1. The van der Waals surface area contributed by atoms with Gasteiger partial charge < -0.3 is 17.6 Å². The molecule has 4 heteroatoms. The Morgan fingerprint density at radius 2 is 1.67 bits per heavy atom. The molecule has 1 aromatic rings. The zero-order valence-electron chi connectivity index (χ0n) is 6.12. The van der Waals surface area contributed by atoms with Gasteiger partial charge in [-0.3, -0.25) is 4.79 Å². The number of hydrogen-bond acceptors (Lipinski definition) is 2. The van der Waals surface area contributed by atoms with E-state index in [1.807, 2.05) is 6.07 Å². The van der Waals surface area contributed by atoms with E-state index in [-0.39, 0.29) is 23.0 Å². The number of nitrogens with two attached hydrogens (primary N) is 1. The molecule has 2 N–H and O–H groups in total. The molecule has 0 heterocycles. The van der Waals surface area contributed by atoms with Gasteiger partial charge in [-0.1, -0.05) is 18.2 Å². The van der Waals surface area contributed by atoms with Crippen LogP contribution in [0, 0.1) is 11.8 Å². The molecule has 0 atom stereocenters. The Morgan fingerprint density at radius 1 is 1.25 bits per heavy atom. The monoisotopic (exact) mass is 210 g/mol. The van der Waals surface area contributed by atoms with Crippen molar-refractivity contribution in [2.45, 2.75) is 0 Å². The van der Waals surface area contributed by atoms with E-state index in [9.17, 15) is 4.79 Å². The van der Waals surface area contributed by atoms with Crippen molar-refractivity contribution in [3.63, 3.8) is 0 Å². The average Bonchev–Trinajstić information content (AvgIpc) is 2.10. The Bertz CT molecular complexity index is 246. The van der Waals surface area contributed by atoms with Gasteiger partial charge in [0, 0.05) is 5.56 Å². The van der Waals surface area contributed by atoms with Gasteiger partial charge in [0.15, 0.2) is 0 Å². The van der Waals surface area contributed by atoms with Crippen LogP contribution in [0.3, 0.4) is 0 Å². The normalized spacial score (nSPS) is 6.83. The fraction of sp³-hybridized carbons (Fsp3) is 0. The molecule has 0 bridgehead atoms. The van der Waals surface area contributed by atoms with Gasteiger partial charge in [-0.15, -0.1) is 0 Å². The third-order valence-electron chi connectivity index (χ3n) is 1.06. The first-order valence-electron chi connectivity index (χ1n) is 2.88. The van der Waals surface area contributed by atoms with Crippen LogP contribution in [-0.4, -0.2) is 5.91 Å². The Balaban J connectivity index is 0. The molecule has 1 aromatic carbocycles. The maximum atomic E-state index is 10.4. The molecular formula is C8H7CuN2O. The third kappa shape index (κ3) is 4.50. The smallest absolute Gasteiger partial charge is 0.512 e. The first kappa shape index (κ1) is 13.3. The number of nitrogens with zero attached hydrogens (tertiary/aromatic N) is 1. The molecular weight excluding hydrogens is 204 g/mol. The molecule has 0 unspecified atom stereocenters. The van der Waals surface area contributed by atoms with Gasteiger partial charge in [-0.2, -0.15) is 0 Å². The summed E-state index contributed by atoms with van der Waals surface area (Å²) < 4.78 is 0. The van der Waals surface area contributed by atoms with E-state index >= 15 is 0 Å². The summed E-state index contributed by atoms with van der Waals surface area (Å²) in [6, 6.07) is 8.76. The Morgan fingerprint density at radius 3 is 1.92 bits per heavy atom. The number of amides is 1. The summed E-state index contributed by atoms with van der Waals surface area (Å²) in [5.41, 5.74) is 5.53. The topological polar surface area (TPSA) is 66.9 Å². The molecule has 1 rings (SSSR count). The fourth-order valence-corrected chi connectivity index (χ4v) is 0.602. The zero-order valence-corrected chi connectivity index (χ0v) is 7.06. The van der Waals surface area contributed by atoms with Crippen molar-refractivity contribution in [1.82, 2.24) is 0 Å². The van der Waals surface area contributed by atoms with Gasteiger partial charge in [0.05, 0.1) is 0 Å². The molecule has 0 aliphatic carbocycles. The third-order valence-corrected chi connectivity index (χ3v) is 1.06. The summed E-state index contributed by atoms with van der Waals surface area (Å²) in [7, 11) is 0. The Kier molecular flexibility index (Phi) is 8.65. The van der Waals surface area contributed by atoms with Crippen LogP contribution in [0.2, 0.25) is 0 Å². The minimum absolute atomic E-state index is 0. The van der Waals surface area contributed by atoms with E-state index in [1.54, 1.807) is 24.3 Å². The van der Waals surface area contributed by atoms with Crippen LogP contribution in [0.15, 0.2) is 30.3 Å². The van der Waals surface area contributed by atoms with Crippen molar-refractivity contribution in [3.05, 3.63) is 42.5 Å². The van der Waals surface area contributed by atoms with E-state index in [0.29, 0.717) is 5.56 Å². The second-order valence-corrected chi connectivity index (χ2v) is 1.73. The number of carbonyl (C=O) groups is 1. The van der Waals surface area contributed by atoms with Gasteiger partial charge in [-0.25, -0.2) is 0 Å². The van der Waals surface area contributed by atoms with Crippen molar-refractivity contribution in [2.24, 2.45) is 5.73 Å². The Hall–Kier alpha value is -1.30. The van der Waals surface area contributed by atoms with Crippen LogP contribution in [0.25, 0.3) is 0 Å². The maximum absolute atomic E-state index is 10.4. The summed E-state index contributed by atoms with van der Waals surface area (Å²) in [5, 5.41) is 6.25. The molecule has 0 aromatic heterocycles. The first-order valence-corrected chi connectivity index (χ1v) is 2.88. The van der Waals surface area contributed by atoms with E-state index in [2.05, 4.69) is 0 Å². The number of hydrogen-bond donors (Lipinski definition) is 1. The van der Waals surface area contributed by atoms with E-state index in [4.69, 9.17) is 17.6 Å². The summed E-state index contributed by atoms with van der Waals surface area (Å²) in [6.07, 6.45) is 0. The van der Waals surface area contributed by atoms with E-state index < -0.39 is 0 Å². The summed E-state index contributed by atoms with van der Waals surface area (Å²) in [6.45, 7) is 4.75. The van der Waals surface area contributed by atoms with Gasteiger partial charge in [0.2, 0.25) is 5.91 Å². The quantitative estimate of drug-likeness (QED) is 0.552. The standard InChI is InChI=1S/C7H7NO.CN.Cu/c8-7(9)6-4-2-1-3-5-6;1-2;/h1-5H,(H2,8,9);;/q;-1;+1.